The van der Waals surface area contributed by atoms with Crippen LogP contribution in [0.15, 0.2) is 22.8 Å². The maximum absolute atomic E-state index is 12.9. The molecule has 5 aliphatic rings. The monoisotopic (exact) mass is 428 g/mol. The van der Waals surface area contributed by atoms with Crippen LogP contribution in [0.25, 0.3) is 0 Å². The Labute approximate surface area is 183 Å². The lowest BCUT2D eigenvalue weighted by Crippen LogP contribution is -2.53. The minimum atomic E-state index is -0.0559. The van der Waals surface area contributed by atoms with Gasteiger partial charge in [-0.25, -0.2) is 0 Å². The highest BCUT2D eigenvalue weighted by atomic mass is 16.6. The smallest absolute Gasteiger partial charge is 0.310 e. The Morgan fingerprint density at radius 1 is 1.23 bits per heavy atom. The van der Waals surface area contributed by atoms with Gasteiger partial charge in [0, 0.05) is 38.6 Å². The van der Waals surface area contributed by atoms with Crippen LogP contribution < -0.4 is 0 Å². The number of ether oxygens (including phenoxy) is 2. The summed E-state index contributed by atoms with van der Waals surface area (Å²) in [6.45, 7) is 6.91. The Hall–Kier alpha value is -1.86. The molecule has 31 heavy (non-hydrogen) atoms. The van der Waals surface area contributed by atoms with Crippen molar-refractivity contribution in [1.29, 1.82) is 0 Å². The van der Waals surface area contributed by atoms with Gasteiger partial charge in [0.15, 0.2) is 5.76 Å². The van der Waals surface area contributed by atoms with E-state index in [1.165, 1.54) is 25.5 Å². The largest absolute Gasteiger partial charge is 0.462 e. The van der Waals surface area contributed by atoms with E-state index in [0.717, 1.165) is 39.1 Å². The molecule has 7 heteroatoms. The third-order valence-electron chi connectivity index (χ3n) is 8.93. The van der Waals surface area contributed by atoms with Gasteiger partial charge in [0.05, 0.1) is 24.4 Å². The van der Waals surface area contributed by atoms with Gasteiger partial charge in [-0.2, -0.15) is 0 Å². The first-order chi connectivity index (χ1) is 15.0. The minimum absolute atomic E-state index is 0.0166. The number of fused-ring (bicyclic) bond motifs is 3. The molecule has 168 valence electrons. The standard InChI is InChI=1S/C24H32N2O5/c1-23-5-3-6-24(15-30-24)20(23)12-16-17(22(28)31-19(16)13-23)14-25-7-9-26(10-8-25)21(27)18-4-2-11-29-18/h2,4,11,16-17,19-20H,3,5-10,12-15H2,1H3/t16-,17-,19+,20+,23+,24+/m0/s1. The second-order valence-electron chi connectivity index (χ2n) is 10.7. The average Bonchev–Trinajstić information content (AvgIpc) is 3.19. The molecule has 1 aromatic heterocycles. The fourth-order valence-electron chi connectivity index (χ4n) is 7.13. The number of nitrogens with zero attached hydrogens (tertiary/aromatic N) is 2. The molecule has 6 rings (SSSR count). The van der Waals surface area contributed by atoms with Gasteiger partial charge in [-0.3, -0.25) is 14.5 Å². The lowest BCUT2D eigenvalue weighted by atomic mass is 9.53. The van der Waals surface area contributed by atoms with Crippen LogP contribution in [0.1, 0.15) is 49.6 Å². The summed E-state index contributed by atoms with van der Waals surface area (Å²) >= 11 is 0. The van der Waals surface area contributed by atoms with E-state index in [9.17, 15) is 9.59 Å². The summed E-state index contributed by atoms with van der Waals surface area (Å²) in [6.07, 6.45) is 7.26. The summed E-state index contributed by atoms with van der Waals surface area (Å²) in [5.74, 6) is 1.12. The molecule has 7 nitrogen and oxygen atoms in total. The van der Waals surface area contributed by atoms with E-state index in [2.05, 4.69) is 11.8 Å². The number of carbonyl (C=O) groups excluding carboxylic acids is 2. The number of hydrogen-bond acceptors (Lipinski definition) is 6. The van der Waals surface area contributed by atoms with E-state index in [1.807, 2.05) is 4.90 Å². The van der Waals surface area contributed by atoms with Gasteiger partial charge in [0.25, 0.3) is 5.91 Å². The van der Waals surface area contributed by atoms with Crippen molar-refractivity contribution in [3.8, 4) is 0 Å². The molecule has 0 bridgehead atoms. The first-order valence-electron chi connectivity index (χ1n) is 11.9. The zero-order chi connectivity index (χ0) is 21.2. The summed E-state index contributed by atoms with van der Waals surface area (Å²) in [5, 5.41) is 0. The molecule has 6 atom stereocenters. The van der Waals surface area contributed by atoms with E-state index in [4.69, 9.17) is 13.9 Å². The van der Waals surface area contributed by atoms with E-state index in [1.54, 1.807) is 12.1 Å². The number of hydrogen-bond donors (Lipinski definition) is 0. The van der Waals surface area contributed by atoms with Crippen LogP contribution in [0, 0.1) is 23.2 Å². The third kappa shape index (κ3) is 3.23. The molecule has 1 amide bonds. The Morgan fingerprint density at radius 2 is 2.03 bits per heavy atom. The number of piperazine rings is 1. The molecule has 5 fully saturated rings. The van der Waals surface area contributed by atoms with Crippen LogP contribution in [0.2, 0.25) is 0 Å². The second kappa shape index (κ2) is 7.07. The first kappa shape index (κ1) is 19.8. The number of furan rings is 1. The summed E-state index contributed by atoms with van der Waals surface area (Å²) in [4.78, 5) is 29.6. The van der Waals surface area contributed by atoms with Crippen molar-refractivity contribution in [2.24, 2.45) is 23.2 Å². The van der Waals surface area contributed by atoms with E-state index < -0.39 is 0 Å². The van der Waals surface area contributed by atoms with Crippen molar-refractivity contribution in [3.63, 3.8) is 0 Å². The van der Waals surface area contributed by atoms with Crippen LogP contribution in [0.5, 0.6) is 0 Å². The van der Waals surface area contributed by atoms with Crippen molar-refractivity contribution in [3.05, 3.63) is 24.2 Å². The van der Waals surface area contributed by atoms with E-state index in [-0.39, 0.29) is 34.9 Å². The van der Waals surface area contributed by atoms with Gasteiger partial charge < -0.3 is 18.8 Å². The fourth-order valence-corrected chi connectivity index (χ4v) is 7.13. The molecule has 4 heterocycles. The molecular weight excluding hydrogens is 396 g/mol. The Balaban J connectivity index is 1.11. The van der Waals surface area contributed by atoms with Crippen LogP contribution in [-0.4, -0.2) is 72.7 Å². The lowest BCUT2D eigenvalue weighted by molar-refractivity contribution is -0.147. The average molecular weight is 429 g/mol. The molecule has 0 radical (unpaired) electrons. The number of rotatable bonds is 3. The number of amides is 1. The van der Waals surface area contributed by atoms with E-state index >= 15 is 0 Å². The summed E-state index contributed by atoms with van der Waals surface area (Å²) < 4.78 is 17.2. The SMILES string of the molecule is C[C@]12CCC[C@@]3(CO3)[C@@H]1C[C@H]1[C@H](CN3CCN(C(=O)c4ccco4)CC3)C(=O)O[C@@H]1C2. The quantitative estimate of drug-likeness (QED) is 0.544. The minimum Gasteiger partial charge on any atom is -0.462 e. The lowest BCUT2D eigenvalue weighted by Gasteiger charge is -2.51. The maximum Gasteiger partial charge on any atom is 0.310 e. The van der Waals surface area contributed by atoms with Gasteiger partial charge in [-0.1, -0.05) is 6.92 Å². The fraction of sp³-hybridized carbons (Fsp3) is 0.750. The third-order valence-corrected chi connectivity index (χ3v) is 8.93. The van der Waals surface area contributed by atoms with Crippen LogP contribution in [0.4, 0.5) is 0 Å². The predicted octanol–water partition coefficient (Wildman–Crippen LogP) is 2.56. The van der Waals surface area contributed by atoms with Gasteiger partial charge >= 0.3 is 5.97 Å². The maximum atomic E-state index is 12.9. The zero-order valence-electron chi connectivity index (χ0n) is 18.3. The van der Waals surface area contributed by atoms with Crippen molar-refractivity contribution in [2.75, 3.05) is 39.3 Å². The van der Waals surface area contributed by atoms with E-state index in [0.29, 0.717) is 30.7 Å². The number of carbonyl (C=O) groups is 2. The van der Waals surface area contributed by atoms with Crippen LogP contribution >= 0.6 is 0 Å². The van der Waals surface area contributed by atoms with Gasteiger partial charge in [0.2, 0.25) is 0 Å². The van der Waals surface area contributed by atoms with Crippen molar-refractivity contribution < 1.29 is 23.5 Å². The highest BCUT2D eigenvalue weighted by Gasteiger charge is 2.65. The molecular formula is C24H32N2O5. The predicted molar refractivity (Wildman–Crippen MR) is 111 cm³/mol. The number of esters is 1. The highest BCUT2D eigenvalue weighted by molar-refractivity contribution is 5.91. The highest BCUT2D eigenvalue weighted by Crippen LogP contribution is 2.62. The Bertz CT molecular complexity index is 857. The molecule has 2 saturated carbocycles. The van der Waals surface area contributed by atoms with Crippen LogP contribution in [-0.2, 0) is 14.3 Å². The van der Waals surface area contributed by atoms with Crippen molar-refractivity contribution in [2.45, 2.75) is 50.7 Å². The second-order valence-corrected chi connectivity index (χ2v) is 10.7. The van der Waals surface area contributed by atoms with Gasteiger partial charge in [-0.05, 0) is 55.6 Å². The van der Waals surface area contributed by atoms with Gasteiger partial charge in [-0.15, -0.1) is 0 Å². The molecule has 3 aliphatic heterocycles. The Morgan fingerprint density at radius 3 is 2.74 bits per heavy atom. The van der Waals surface area contributed by atoms with Gasteiger partial charge in [0.1, 0.15) is 6.10 Å². The first-order valence-corrected chi connectivity index (χ1v) is 11.9. The number of epoxide rings is 1. The normalized spacial score (nSPS) is 42.2. The Kier molecular flexibility index (Phi) is 4.52. The summed E-state index contributed by atoms with van der Waals surface area (Å²) in [5.41, 5.74) is 0.328. The molecule has 2 aliphatic carbocycles. The molecule has 0 aromatic carbocycles. The van der Waals surface area contributed by atoms with Crippen LogP contribution in [0.3, 0.4) is 0 Å². The zero-order valence-corrected chi connectivity index (χ0v) is 18.3. The molecule has 0 N–H and O–H groups in total. The molecule has 1 aromatic rings. The summed E-state index contributed by atoms with van der Waals surface area (Å²) in [6, 6.07) is 3.45. The molecule has 1 spiro atoms. The topological polar surface area (TPSA) is 75.5 Å². The molecule has 0 unspecified atom stereocenters. The summed E-state index contributed by atoms with van der Waals surface area (Å²) in [7, 11) is 0. The molecule has 3 saturated heterocycles. The van der Waals surface area contributed by atoms with Crippen molar-refractivity contribution >= 4 is 11.9 Å². The van der Waals surface area contributed by atoms with Crippen molar-refractivity contribution in [1.82, 2.24) is 9.80 Å².